The minimum atomic E-state index is -1.60. The van der Waals surface area contributed by atoms with E-state index >= 15 is 0 Å². The number of hydrogen-bond donors (Lipinski definition) is 0. The SMILES string of the molecule is CCC(C)C1O[Si](C)(C)c2ccccc21. The fourth-order valence-corrected chi connectivity index (χ4v) is 4.91. The maximum atomic E-state index is 6.31. The molecule has 2 rings (SSSR count). The van der Waals surface area contributed by atoms with Crippen molar-refractivity contribution in [2.45, 2.75) is 39.5 Å². The molecule has 1 nitrogen and oxygen atoms in total. The summed E-state index contributed by atoms with van der Waals surface area (Å²) >= 11 is 0. The molecule has 82 valence electrons. The van der Waals surface area contributed by atoms with Crippen molar-refractivity contribution in [2.24, 2.45) is 5.92 Å². The first kappa shape index (κ1) is 10.9. The van der Waals surface area contributed by atoms with Crippen LogP contribution in [0.2, 0.25) is 13.1 Å². The van der Waals surface area contributed by atoms with Crippen LogP contribution >= 0.6 is 0 Å². The topological polar surface area (TPSA) is 9.23 Å². The van der Waals surface area contributed by atoms with Gasteiger partial charge in [0.15, 0.2) is 0 Å². The Morgan fingerprint density at radius 3 is 2.67 bits per heavy atom. The van der Waals surface area contributed by atoms with E-state index in [9.17, 15) is 0 Å². The van der Waals surface area contributed by atoms with Crippen LogP contribution in [0.1, 0.15) is 31.9 Å². The van der Waals surface area contributed by atoms with Crippen molar-refractivity contribution in [2.75, 3.05) is 0 Å². The van der Waals surface area contributed by atoms with Crippen LogP contribution in [0.5, 0.6) is 0 Å². The lowest BCUT2D eigenvalue weighted by molar-refractivity contribution is 0.149. The highest BCUT2D eigenvalue weighted by Gasteiger charge is 2.41. The first-order valence-electron chi connectivity index (χ1n) is 5.83. The van der Waals surface area contributed by atoms with E-state index in [0.717, 1.165) is 0 Å². The minimum absolute atomic E-state index is 0.341. The van der Waals surface area contributed by atoms with Gasteiger partial charge < -0.3 is 4.43 Å². The monoisotopic (exact) mass is 220 g/mol. The summed E-state index contributed by atoms with van der Waals surface area (Å²) in [5.74, 6) is 0.625. The first-order chi connectivity index (χ1) is 7.06. The van der Waals surface area contributed by atoms with Crippen molar-refractivity contribution in [3.8, 4) is 0 Å². The molecule has 1 aromatic carbocycles. The molecule has 0 radical (unpaired) electrons. The molecule has 0 saturated carbocycles. The molecule has 2 heteroatoms. The number of hydrogen-bond acceptors (Lipinski definition) is 1. The summed E-state index contributed by atoms with van der Waals surface area (Å²) in [6, 6.07) is 8.77. The molecule has 0 spiro atoms. The Kier molecular flexibility index (Phi) is 2.73. The van der Waals surface area contributed by atoms with Gasteiger partial charge in [0.25, 0.3) is 0 Å². The number of fused-ring (bicyclic) bond motifs is 1. The summed E-state index contributed by atoms with van der Waals surface area (Å²) in [6.07, 6.45) is 1.52. The molecule has 0 saturated heterocycles. The molecule has 1 aliphatic heterocycles. The lowest BCUT2D eigenvalue weighted by atomic mass is 9.95. The standard InChI is InChI=1S/C13H20OSi/c1-5-10(2)13-11-8-6-7-9-12(11)15(3,4)14-13/h6-10,13H,5H2,1-4H3. The fourth-order valence-electron chi connectivity index (χ4n) is 2.37. The Balaban J connectivity index is 2.42. The third-order valence-electron chi connectivity index (χ3n) is 3.50. The summed E-state index contributed by atoms with van der Waals surface area (Å²) < 4.78 is 6.31. The highest BCUT2D eigenvalue weighted by molar-refractivity contribution is 6.85. The largest absolute Gasteiger partial charge is 0.406 e. The minimum Gasteiger partial charge on any atom is -0.406 e. The molecule has 1 aliphatic rings. The average Bonchev–Trinajstić information content (AvgIpc) is 2.51. The van der Waals surface area contributed by atoms with Crippen LogP contribution in [0, 0.1) is 5.92 Å². The van der Waals surface area contributed by atoms with Crippen LogP contribution in [-0.2, 0) is 4.43 Å². The van der Waals surface area contributed by atoms with E-state index in [1.807, 2.05) is 0 Å². The predicted molar refractivity (Wildman–Crippen MR) is 66.8 cm³/mol. The van der Waals surface area contributed by atoms with E-state index < -0.39 is 8.32 Å². The molecule has 0 amide bonds. The molecule has 0 bridgehead atoms. The van der Waals surface area contributed by atoms with Crippen molar-refractivity contribution in [3.63, 3.8) is 0 Å². The summed E-state index contributed by atoms with van der Waals surface area (Å²) in [6.45, 7) is 9.13. The van der Waals surface area contributed by atoms with Gasteiger partial charge >= 0.3 is 0 Å². The van der Waals surface area contributed by atoms with E-state index in [4.69, 9.17) is 4.43 Å². The van der Waals surface area contributed by atoms with Crippen LogP contribution in [0.4, 0.5) is 0 Å². The Labute approximate surface area is 93.6 Å². The molecule has 1 heterocycles. The van der Waals surface area contributed by atoms with Gasteiger partial charge in [-0.1, -0.05) is 44.5 Å². The van der Waals surface area contributed by atoms with Crippen LogP contribution in [-0.4, -0.2) is 8.32 Å². The number of benzene rings is 1. The molecular weight excluding hydrogens is 200 g/mol. The van der Waals surface area contributed by atoms with Gasteiger partial charge in [-0.05, 0) is 29.8 Å². The van der Waals surface area contributed by atoms with Gasteiger partial charge in [-0.2, -0.15) is 0 Å². The second-order valence-corrected chi connectivity index (χ2v) is 8.82. The zero-order chi connectivity index (χ0) is 11.1. The highest BCUT2D eigenvalue weighted by atomic mass is 28.4. The van der Waals surface area contributed by atoms with Gasteiger partial charge in [0.1, 0.15) is 0 Å². The van der Waals surface area contributed by atoms with Gasteiger partial charge in [-0.25, -0.2) is 0 Å². The lowest BCUT2D eigenvalue weighted by Crippen LogP contribution is -2.40. The zero-order valence-corrected chi connectivity index (χ0v) is 11.1. The third-order valence-corrected chi connectivity index (χ3v) is 6.09. The Morgan fingerprint density at radius 2 is 2.00 bits per heavy atom. The van der Waals surface area contributed by atoms with Gasteiger partial charge in [-0.3, -0.25) is 0 Å². The quantitative estimate of drug-likeness (QED) is 0.695. The second-order valence-electron chi connectivity index (χ2n) is 5.02. The van der Waals surface area contributed by atoms with Crippen LogP contribution in [0.3, 0.4) is 0 Å². The van der Waals surface area contributed by atoms with E-state index in [0.29, 0.717) is 12.0 Å². The van der Waals surface area contributed by atoms with Crippen molar-refractivity contribution in [1.82, 2.24) is 0 Å². The lowest BCUT2D eigenvalue weighted by Gasteiger charge is -2.22. The summed E-state index contributed by atoms with van der Waals surface area (Å²) in [4.78, 5) is 0. The fraction of sp³-hybridized carbons (Fsp3) is 0.538. The second kappa shape index (κ2) is 3.76. The summed E-state index contributed by atoms with van der Waals surface area (Å²) in [5.41, 5.74) is 1.45. The van der Waals surface area contributed by atoms with Gasteiger partial charge in [0.05, 0.1) is 6.10 Å². The summed E-state index contributed by atoms with van der Waals surface area (Å²) in [5, 5.41) is 1.50. The smallest absolute Gasteiger partial charge is 0.219 e. The molecule has 2 unspecified atom stereocenters. The molecule has 0 aromatic heterocycles. The van der Waals surface area contributed by atoms with Crippen molar-refractivity contribution < 1.29 is 4.43 Å². The number of rotatable bonds is 2. The predicted octanol–water partition coefficient (Wildman–Crippen LogP) is 3.22. The molecule has 15 heavy (non-hydrogen) atoms. The normalized spacial score (nSPS) is 24.9. The molecule has 0 aliphatic carbocycles. The summed E-state index contributed by atoms with van der Waals surface area (Å²) in [7, 11) is -1.60. The third kappa shape index (κ3) is 1.77. The Bertz CT molecular complexity index is 359. The molecule has 0 fully saturated rings. The van der Waals surface area contributed by atoms with E-state index in [2.05, 4.69) is 51.2 Å². The van der Waals surface area contributed by atoms with E-state index in [1.54, 1.807) is 0 Å². The molecular formula is C13H20OSi. The maximum Gasteiger partial charge on any atom is 0.219 e. The van der Waals surface area contributed by atoms with E-state index in [-0.39, 0.29) is 0 Å². The average molecular weight is 220 g/mol. The molecule has 1 aromatic rings. The molecule has 0 N–H and O–H groups in total. The van der Waals surface area contributed by atoms with Gasteiger partial charge in [-0.15, -0.1) is 0 Å². The van der Waals surface area contributed by atoms with Crippen LogP contribution in [0.15, 0.2) is 24.3 Å². The van der Waals surface area contributed by atoms with Crippen molar-refractivity contribution in [3.05, 3.63) is 29.8 Å². The van der Waals surface area contributed by atoms with Crippen molar-refractivity contribution in [1.29, 1.82) is 0 Å². The molecule has 2 atom stereocenters. The van der Waals surface area contributed by atoms with Crippen LogP contribution < -0.4 is 5.19 Å². The van der Waals surface area contributed by atoms with E-state index in [1.165, 1.54) is 17.2 Å². The van der Waals surface area contributed by atoms with Gasteiger partial charge in [0, 0.05) is 0 Å². The maximum absolute atomic E-state index is 6.31. The first-order valence-corrected chi connectivity index (χ1v) is 8.74. The van der Waals surface area contributed by atoms with Gasteiger partial charge in [0.2, 0.25) is 8.32 Å². The van der Waals surface area contributed by atoms with Crippen LogP contribution in [0.25, 0.3) is 0 Å². The zero-order valence-electron chi connectivity index (χ0n) is 10.1. The Morgan fingerprint density at radius 1 is 1.33 bits per heavy atom. The Hall–Kier alpha value is -0.603. The van der Waals surface area contributed by atoms with Crippen molar-refractivity contribution >= 4 is 13.5 Å². The highest BCUT2D eigenvalue weighted by Crippen LogP contribution is 2.36.